The Hall–Kier alpha value is -2.29. The predicted molar refractivity (Wildman–Crippen MR) is 76.4 cm³/mol. The van der Waals surface area contributed by atoms with E-state index in [4.69, 9.17) is 9.84 Å². The average molecular weight is 256 g/mol. The molecule has 0 fully saturated rings. The van der Waals surface area contributed by atoms with Crippen molar-refractivity contribution >= 4 is 22.8 Å². The van der Waals surface area contributed by atoms with Gasteiger partial charge < -0.3 is 9.84 Å². The fourth-order valence-electron chi connectivity index (χ4n) is 1.98. The molecule has 0 radical (unpaired) electrons. The van der Waals surface area contributed by atoms with E-state index >= 15 is 0 Å². The Labute approximate surface area is 112 Å². The maximum absolute atomic E-state index is 11.0. The Morgan fingerprint density at radius 2 is 2.00 bits per heavy atom. The monoisotopic (exact) mass is 256 g/mol. The first-order valence-corrected chi connectivity index (χ1v) is 6.19. The van der Waals surface area contributed by atoms with Gasteiger partial charge in [0.05, 0.1) is 6.61 Å². The molecule has 1 N–H and O–H groups in total. The van der Waals surface area contributed by atoms with E-state index < -0.39 is 5.97 Å². The lowest BCUT2D eigenvalue weighted by Crippen LogP contribution is -1.98. The first-order chi connectivity index (χ1) is 9.13. The summed E-state index contributed by atoms with van der Waals surface area (Å²) in [4.78, 5) is 11.0. The van der Waals surface area contributed by atoms with Gasteiger partial charge in [-0.15, -0.1) is 0 Å². The van der Waals surface area contributed by atoms with E-state index in [-0.39, 0.29) is 5.57 Å². The molecular formula is C16H16O3. The average Bonchev–Trinajstić information content (AvgIpc) is 2.41. The van der Waals surface area contributed by atoms with Gasteiger partial charge in [0.2, 0.25) is 0 Å². The largest absolute Gasteiger partial charge is 0.493 e. The van der Waals surface area contributed by atoms with Crippen LogP contribution in [0, 0.1) is 0 Å². The van der Waals surface area contributed by atoms with Gasteiger partial charge in [-0.05, 0) is 36.8 Å². The molecule has 0 heterocycles. The van der Waals surface area contributed by atoms with Crippen LogP contribution < -0.4 is 4.74 Å². The second-order valence-electron chi connectivity index (χ2n) is 4.26. The van der Waals surface area contributed by atoms with E-state index in [0.717, 1.165) is 16.3 Å². The summed E-state index contributed by atoms with van der Waals surface area (Å²) in [6.45, 7) is 4.04. The minimum atomic E-state index is -0.921. The van der Waals surface area contributed by atoms with Crippen molar-refractivity contribution in [1.29, 1.82) is 0 Å². The number of benzene rings is 2. The van der Waals surface area contributed by atoms with Crippen LogP contribution in [0.1, 0.15) is 19.4 Å². The quantitative estimate of drug-likeness (QED) is 0.848. The van der Waals surface area contributed by atoms with E-state index in [1.54, 1.807) is 13.0 Å². The predicted octanol–water partition coefficient (Wildman–Crippen LogP) is 3.73. The van der Waals surface area contributed by atoms with Crippen LogP contribution >= 0.6 is 0 Å². The van der Waals surface area contributed by atoms with Gasteiger partial charge in [0.1, 0.15) is 5.75 Å². The normalized spacial score (nSPS) is 11.6. The summed E-state index contributed by atoms with van der Waals surface area (Å²) in [5, 5.41) is 11.1. The molecule has 3 heteroatoms. The molecule has 98 valence electrons. The van der Waals surface area contributed by atoms with Gasteiger partial charge in [-0.1, -0.05) is 30.3 Å². The zero-order valence-electron chi connectivity index (χ0n) is 11.0. The molecule has 0 unspecified atom stereocenters. The molecule has 2 aromatic carbocycles. The van der Waals surface area contributed by atoms with Crippen molar-refractivity contribution in [2.75, 3.05) is 6.61 Å². The lowest BCUT2D eigenvalue weighted by atomic mass is 10.0. The zero-order valence-corrected chi connectivity index (χ0v) is 11.0. The maximum atomic E-state index is 11.0. The van der Waals surface area contributed by atoms with Gasteiger partial charge >= 0.3 is 5.97 Å². The van der Waals surface area contributed by atoms with Gasteiger partial charge in [-0.2, -0.15) is 0 Å². The SMILES string of the molecule is CCOc1ccc2ccccc2c1/C=C(\C)C(=O)O. The van der Waals surface area contributed by atoms with Crippen molar-refractivity contribution in [2.45, 2.75) is 13.8 Å². The molecule has 3 nitrogen and oxygen atoms in total. The smallest absolute Gasteiger partial charge is 0.331 e. The minimum absolute atomic E-state index is 0.289. The zero-order chi connectivity index (χ0) is 13.8. The number of ether oxygens (including phenoxy) is 1. The van der Waals surface area contributed by atoms with Gasteiger partial charge in [0.25, 0.3) is 0 Å². The number of carboxylic acid groups (broad SMARTS) is 1. The summed E-state index contributed by atoms with van der Waals surface area (Å²) >= 11 is 0. The van der Waals surface area contributed by atoms with Gasteiger partial charge in [-0.3, -0.25) is 0 Å². The van der Waals surface area contributed by atoms with Crippen LogP contribution in [0.15, 0.2) is 42.0 Å². The molecule has 0 spiro atoms. The first-order valence-electron chi connectivity index (χ1n) is 6.19. The lowest BCUT2D eigenvalue weighted by Gasteiger charge is -2.11. The summed E-state index contributed by atoms with van der Waals surface area (Å²) < 4.78 is 5.59. The fraction of sp³-hybridized carbons (Fsp3) is 0.188. The molecule has 2 aromatic rings. The van der Waals surface area contributed by atoms with Crippen molar-refractivity contribution in [3.05, 3.63) is 47.5 Å². The number of aliphatic carboxylic acids is 1. The van der Waals surface area contributed by atoms with Gasteiger partial charge in [0.15, 0.2) is 0 Å². The van der Waals surface area contributed by atoms with Crippen molar-refractivity contribution in [1.82, 2.24) is 0 Å². The Morgan fingerprint density at radius 1 is 1.26 bits per heavy atom. The number of fused-ring (bicyclic) bond motifs is 1. The van der Waals surface area contributed by atoms with Crippen LogP contribution in [0.25, 0.3) is 16.8 Å². The van der Waals surface area contributed by atoms with Crippen molar-refractivity contribution in [2.24, 2.45) is 0 Å². The first kappa shape index (κ1) is 13.1. The molecular weight excluding hydrogens is 240 g/mol. The molecule has 0 aliphatic heterocycles. The molecule has 0 aliphatic rings. The summed E-state index contributed by atoms with van der Waals surface area (Å²) in [6, 6.07) is 11.7. The van der Waals surface area contributed by atoms with E-state index in [1.807, 2.05) is 43.3 Å². The molecule has 0 aliphatic carbocycles. The Morgan fingerprint density at radius 3 is 2.68 bits per heavy atom. The summed E-state index contributed by atoms with van der Waals surface area (Å²) in [7, 11) is 0. The van der Waals surface area contributed by atoms with Crippen LogP contribution in [0.5, 0.6) is 5.75 Å². The topological polar surface area (TPSA) is 46.5 Å². The van der Waals surface area contributed by atoms with Crippen molar-refractivity contribution < 1.29 is 14.6 Å². The van der Waals surface area contributed by atoms with Crippen molar-refractivity contribution in [3.63, 3.8) is 0 Å². The third-order valence-electron chi connectivity index (χ3n) is 2.93. The molecule has 0 bridgehead atoms. The third kappa shape index (κ3) is 2.76. The molecule has 19 heavy (non-hydrogen) atoms. The highest BCUT2D eigenvalue weighted by Crippen LogP contribution is 2.30. The molecule has 0 atom stereocenters. The number of hydrogen-bond donors (Lipinski definition) is 1. The summed E-state index contributed by atoms with van der Waals surface area (Å²) in [5.41, 5.74) is 1.11. The lowest BCUT2D eigenvalue weighted by molar-refractivity contribution is -0.132. The van der Waals surface area contributed by atoms with Crippen LogP contribution in [-0.4, -0.2) is 17.7 Å². The molecule has 0 amide bonds. The highest BCUT2D eigenvalue weighted by atomic mass is 16.5. The summed E-state index contributed by atoms with van der Waals surface area (Å²) in [5.74, 6) is -0.211. The standard InChI is InChI=1S/C16H16O3/c1-3-19-15-9-8-12-6-4-5-7-13(12)14(15)10-11(2)16(17)18/h4-10H,3H2,1-2H3,(H,17,18)/b11-10+. The number of carbonyl (C=O) groups is 1. The van der Waals surface area contributed by atoms with Crippen LogP contribution in [0.3, 0.4) is 0 Å². The van der Waals surface area contributed by atoms with Gasteiger partial charge in [0, 0.05) is 11.1 Å². The molecule has 0 aromatic heterocycles. The summed E-state index contributed by atoms with van der Waals surface area (Å²) in [6.07, 6.45) is 1.66. The van der Waals surface area contributed by atoms with Gasteiger partial charge in [-0.25, -0.2) is 4.79 Å². The fourth-order valence-corrected chi connectivity index (χ4v) is 1.98. The minimum Gasteiger partial charge on any atom is -0.493 e. The Bertz CT molecular complexity index is 641. The number of rotatable bonds is 4. The van der Waals surface area contributed by atoms with Crippen molar-refractivity contribution in [3.8, 4) is 5.75 Å². The van der Waals surface area contributed by atoms with E-state index in [1.165, 1.54) is 0 Å². The molecule has 0 saturated carbocycles. The third-order valence-corrected chi connectivity index (χ3v) is 2.93. The van der Waals surface area contributed by atoms with Crippen LogP contribution in [0.4, 0.5) is 0 Å². The Kier molecular flexibility index (Phi) is 3.85. The number of hydrogen-bond acceptors (Lipinski definition) is 2. The van der Waals surface area contributed by atoms with E-state index in [9.17, 15) is 4.79 Å². The maximum Gasteiger partial charge on any atom is 0.331 e. The van der Waals surface area contributed by atoms with Crippen LogP contribution in [0.2, 0.25) is 0 Å². The molecule has 2 rings (SSSR count). The second-order valence-corrected chi connectivity index (χ2v) is 4.26. The molecule has 0 saturated heterocycles. The second kappa shape index (κ2) is 5.57. The Balaban J connectivity index is 2.68. The highest BCUT2D eigenvalue weighted by Gasteiger charge is 2.09. The number of carboxylic acids is 1. The van der Waals surface area contributed by atoms with E-state index in [0.29, 0.717) is 12.4 Å². The van der Waals surface area contributed by atoms with E-state index in [2.05, 4.69) is 0 Å². The van der Waals surface area contributed by atoms with Crippen LogP contribution in [-0.2, 0) is 4.79 Å². The highest BCUT2D eigenvalue weighted by molar-refractivity contribution is 5.98.